The molecule has 1 fully saturated rings. The minimum absolute atomic E-state index is 0.216. The van der Waals surface area contributed by atoms with Crippen molar-refractivity contribution in [1.82, 2.24) is 21.3 Å². The molecule has 0 spiro atoms. The Morgan fingerprint density at radius 3 is 2.06 bits per heavy atom. The predicted octanol–water partition coefficient (Wildman–Crippen LogP) is -3.65. The van der Waals surface area contributed by atoms with Gasteiger partial charge in [0, 0.05) is 12.2 Å². The fourth-order valence-electron chi connectivity index (χ4n) is 2.88. The predicted molar refractivity (Wildman–Crippen MR) is 111 cm³/mol. The minimum Gasteiger partial charge on any atom is -0.480 e. The van der Waals surface area contributed by atoms with Gasteiger partial charge in [-0.05, 0) is 25.8 Å². The summed E-state index contributed by atoms with van der Waals surface area (Å²) in [5, 5.41) is 18.9. The van der Waals surface area contributed by atoms with E-state index in [1.54, 1.807) is 0 Å². The van der Waals surface area contributed by atoms with Crippen molar-refractivity contribution in [3.05, 3.63) is 0 Å². The van der Waals surface area contributed by atoms with Crippen LogP contribution < -0.4 is 32.7 Å². The number of thiol groups is 1. The van der Waals surface area contributed by atoms with Gasteiger partial charge in [-0.25, -0.2) is 4.79 Å². The lowest BCUT2D eigenvalue weighted by Crippen LogP contribution is -2.58. The van der Waals surface area contributed by atoms with E-state index in [1.165, 1.54) is 0 Å². The van der Waals surface area contributed by atoms with Gasteiger partial charge in [0.2, 0.25) is 29.5 Å². The van der Waals surface area contributed by atoms with Gasteiger partial charge in [0.15, 0.2) is 0 Å². The number of hydrogen-bond donors (Lipinski definition) is 8. The Kier molecular flexibility index (Phi) is 10.8. The van der Waals surface area contributed by atoms with Crippen molar-refractivity contribution in [2.24, 2.45) is 11.5 Å². The first kappa shape index (κ1) is 26.2. The van der Waals surface area contributed by atoms with Crippen molar-refractivity contribution < 1.29 is 33.9 Å². The number of nitrogens with two attached hydrogens (primary N) is 2. The fourth-order valence-corrected chi connectivity index (χ4v) is 3.12. The average Bonchev–Trinajstić information content (AvgIpc) is 3.22. The number of carbonyl (C=O) groups excluding carboxylic acids is 5. The van der Waals surface area contributed by atoms with Crippen LogP contribution in [0.25, 0.3) is 0 Å². The Hall–Kier alpha value is -2.87. The van der Waals surface area contributed by atoms with E-state index in [-0.39, 0.29) is 18.6 Å². The monoisotopic (exact) mass is 460 g/mol. The van der Waals surface area contributed by atoms with Gasteiger partial charge >= 0.3 is 5.97 Å². The van der Waals surface area contributed by atoms with E-state index >= 15 is 0 Å². The highest BCUT2D eigenvalue weighted by Crippen LogP contribution is 2.07. The zero-order chi connectivity index (χ0) is 23.6. The largest absolute Gasteiger partial charge is 0.480 e. The molecule has 0 aromatic carbocycles. The van der Waals surface area contributed by atoms with Crippen molar-refractivity contribution >= 4 is 48.1 Å². The normalized spacial score (nSPS) is 18.3. The summed E-state index contributed by atoms with van der Waals surface area (Å²) in [6.45, 7) is 0.635. The van der Waals surface area contributed by atoms with Crippen LogP contribution in [0.1, 0.15) is 32.1 Å². The molecule has 0 aliphatic carbocycles. The van der Waals surface area contributed by atoms with Crippen LogP contribution in [-0.2, 0) is 28.8 Å². The first-order valence-corrected chi connectivity index (χ1v) is 10.2. The van der Waals surface area contributed by atoms with Crippen LogP contribution in [0.5, 0.6) is 0 Å². The summed E-state index contributed by atoms with van der Waals surface area (Å²) < 4.78 is 0. The Balaban J connectivity index is 2.91. The maximum atomic E-state index is 12.7. The third-order valence-corrected chi connectivity index (χ3v) is 4.89. The number of carbonyl (C=O) groups is 6. The molecule has 0 saturated carbocycles. The van der Waals surface area contributed by atoms with Gasteiger partial charge in [-0.3, -0.25) is 24.0 Å². The highest BCUT2D eigenvalue weighted by Gasteiger charge is 2.32. The summed E-state index contributed by atoms with van der Waals surface area (Å²) in [7, 11) is 0. The number of primary amides is 2. The third kappa shape index (κ3) is 9.21. The maximum Gasteiger partial charge on any atom is 0.327 e. The topological polar surface area (TPSA) is 223 Å². The first-order valence-electron chi connectivity index (χ1n) is 9.59. The van der Waals surface area contributed by atoms with Gasteiger partial charge in [-0.1, -0.05) is 0 Å². The van der Waals surface area contributed by atoms with Crippen LogP contribution in [-0.4, -0.2) is 77.1 Å². The summed E-state index contributed by atoms with van der Waals surface area (Å²) in [6, 6.07) is -4.57. The molecule has 0 radical (unpaired) electrons. The van der Waals surface area contributed by atoms with E-state index in [0.29, 0.717) is 13.0 Å². The lowest BCUT2D eigenvalue weighted by molar-refractivity contribution is -0.142. The van der Waals surface area contributed by atoms with Gasteiger partial charge in [-0.2, -0.15) is 12.6 Å². The Labute approximate surface area is 183 Å². The Morgan fingerprint density at radius 2 is 1.58 bits per heavy atom. The van der Waals surface area contributed by atoms with Gasteiger partial charge in [0.1, 0.15) is 18.1 Å². The molecule has 4 atom stereocenters. The molecule has 5 amide bonds. The zero-order valence-corrected chi connectivity index (χ0v) is 17.7. The molecule has 4 unspecified atom stereocenters. The second-order valence-corrected chi connectivity index (χ2v) is 7.39. The molecule has 0 aromatic rings. The van der Waals surface area contributed by atoms with Gasteiger partial charge in [-0.15, -0.1) is 0 Å². The summed E-state index contributed by atoms with van der Waals surface area (Å²) >= 11 is 3.84. The molecule has 1 saturated heterocycles. The van der Waals surface area contributed by atoms with E-state index in [0.717, 1.165) is 6.42 Å². The van der Waals surface area contributed by atoms with E-state index in [2.05, 4.69) is 33.9 Å². The lowest BCUT2D eigenvalue weighted by atomic mass is 10.1. The smallest absolute Gasteiger partial charge is 0.327 e. The van der Waals surface area contributed by atoms with Crippen molar-refractivity contribution in [3.8, 4) is 0 Å². The van der Waals surface area contributed by atoms with Crippen molar-refractivity contribution in [2.75, 3.05) is 12.3 Å². The van der Waals surface area contributed by atoms with E-state index < -0.39 is 66.1 Å². The molecule has 13 nitrogen and oxygen atoms in total. The number of carboxylic acid groups (broad SMARTS) is 1. The molecule has 14 heteroatoms. The standard InChI is InChI=1S/C17H28N6O7S/c18-12(24)4-3-9(15(27)23-11(7-31)17(29)30)21-16(28)10(6-13(19)25)22-14(26)8-2-1-5-20-8/h8-11,20,31H,1-7H2,(H2,18,24)(H2,19,25)(H,21,28)(H,22,26)(H,23,27)(H,29,30). The molecule has 1 heterocycles. The van der Waals surface area contributed by atoms with Crippen LogP contribution in [0.3, 0.4) is 0 Å². The lowest BCUT2D eigenvalue weighted by Gasteiger charge is -2.24. The van der Waals surface area contributed by atoms with Gasteiger partial charge in [0.05, 0.1) is 12.5 Å². The third-order valence-electron chi connectivity index (χ3n) is 4.52. The van der Waals surface area contributed by atoms with Crippen LogP contribution >= 0.6 is 12.6 Å². The summed E-state index contributed by atoms with van der Waals surface area (Å²) in [4.78, 5) is 71.1. The second-order valence-electron chi connectivity index (χ2n) is 7.03. The molecule has 174 valence electrons. The first-order chi connectivity index (χ1) is 14.5. The van der Waals surface area contributed by atoms with E-state index in [4.69, 9.17) is 16.6 Å². The van der Waals surface area contributed by atoms with Crippen molar-refractivity contribution in [3.63, 3.8) is 0 Å². The molecule has 0 aromatic heterocycles. The number of rotatable bonds is 13. The quantitative estimate of drug-likeness (QED) is 0.128. The minimum atomic E-state index is -1.36. The number of aliphatic carboxylic acids is 1. The van der Waals surface area contributed by atoms with Crippen LogP contribution in [0.2, 0.25) is 0 Å². The average molecular weight is 461 g/mol. The van der Waals surface area contributed by atoms with E-state index in [1.807, 2.05) is 0 Å². The number of nitrogens with one attached hydrogen (secondary N) is 4. The van der Waals surface area contributed by atoms with Gasteiger partial charge in [0.25, 0.3) is 0 Å². The molecule has 0 bridgehead atoms. The number of carboxylic acids is 1. The Bertz CT molecular complexity index is 713. The highest BCUT2D eigenvalue weighted by molar-refractivity contribution is 7.80. The van der Waals surface area contributed by atoms with Gasteiger partial charge < -0.3 is 37.8 Å². The van der Waals surface area contributed by atoms with Crippen molar-refractivity contribution in [1.29, 1.82) is 0 Å². The van der Waals surface area contributed by atoms with Crippen LogP contribution in [0.4, 0.5) is 0 Å². The second kappa shape index (κ2) is 12.7. The number of amides is 5. The zero-order valence-electron chi connectivity index (χ0n) is 16.8. The summed E-state index contributed by atoms with van der Waals surface area (Å²) in [5.74, 6) is -5.45. The molecule has 1 aliphatic heterocycles. The maximum absolute atomic E-state index is 12.7. The van der Waals surface area contributed by atoms with Crippen LogP contribution in [0, 0.1) is 0 Å². The SMILES string of the molecule is NC(=O)CCC(NC(=O)C(CC(N)=O)NC(=O)C1CCCN1)C(=O)NC(CS)C(=O)O. The van der Waals surface area contributed by atoms with E-state index in [9.17, 15) is 28.8 Å². The molecular weight excluding hydrogens is 432 g/mol. The summed E-state index contributed by atoms with van der Waals surface area (Å²) in [5.41, 5.74) is 10.3. The number of hydrogen-bond acceptors (Lipinski definition) is 8. The molecular formula is C17H28N6O7S. The Morgan fingerprint density at radius 1 is 0.968 bits per heavy atom. The fraction of sp³-hybridized carbons (Fsp3) is 0.647. The highest BCUT2D eigenvalue weighted by atomic mass is 32.1. The molecule has 1 rings (SSSR count). The molecule has 1 aliphatic rings. The summed E-state index contributed by atoms with van der Waals surface area (Å²) in [6.07, 6.45) is 0.294. The molecule has 9 N–H and O–H groups in total. The van der Waals surface area contributed by atoms with Crippen molar-refractivity contribution in [2.45, 2.75) is 56.3 Å². The van der Waals surface area contributed by atoms with Crippen LogP contribution in [0.15, 0.2) is 0 Å². The molecule has 31 heavy (non-hydrogen) atoms.